The Hall–Kier alpha value is -2.78. The Morgan fingerprint density at radius 2 is 1.84 bits per heavy atom. The molecular formula is C29H35ClN2O6. The maximum atomic E-state index is 13.6. The lowest BCUT2D eigenvalue weighted by atomic mass is 9.80. The maximum Gasteiger partial charge on any atom is 0.288 e. The molecule has 0 bridgehead atoms. The standard InChI is InChI=1S/C29H35ClN2O6/c1-2-35-29-23(4-3-15-33)24(21-6-8-22(30)9-7-21)17-27(38-29)28(34)32-13-11-31(12-14-32)18-20-5-10-25-26(16-20)37-19-36-25/h5-10,16-17,23-24,29,33H,2-4,11-15,18-19H2,1H3/t23-,24-,29-/m0/s1. The number of benzene rings is 2. The van der Waals surface area contributed by atoms with Crippen molar-refractivity contribution in [3.63, 3.8) is 0 Å². The zero-order valence-corrected chi connectivity index (χ0v) is 22.4. The minimum Gasteiger partial charge on any atom is -0.459 e. The number of halogens is 1. The maximum absolute atomic E-state index is 13.6. The number of hydrogen-bond donors (Lipinski definition) is 1. The number of carbonyl (C=O) groups is 1. The van der Waals surface area contributed by atoms with Gasteiger partial charge in [-0.2, -0.15) is 0 Å². The number of ether oxygens (including phenoxy) is 4. The number of piperazine rings is 1. The molecule has 0 unspecified atom stereocenters. The van der Waals surface area contributed by atoms with Crippen LogP contribution in [0.4, 0.5) is 0 Å². The molecule has 9 heteroatoms. The zero-order valence-electron chi connectivity index (χ0n) is 21.7. The van der Waals surface area contributed by atoms with Gasteiger partial charge in [0.25, 0.3) is 5.91 Å². The van der Waals surface area contributed by atoms with E-state index in [1.807, 2.05) is 54.3 Å². The molecule has 2 aromatic rings. The van der Waals surface area contributed by atoms with Crippen molar-refractivity contribution in [2.24, 2.45) is 5.92 Å². The van der Waals surface area contributed by atoms with E-state index in [0.29, 0.717) is 43.3 Å². The van der Waals surface area contributed by atoms with E-state index in [9.17, 15) is 9.90 Å². The highest BCUT2D eigenvalue weighted by Crippen LogP contribution is 2.40. The van der Waals surface area contributed by atoms with Gasteiger partial charge in [-0.05, 0) is 61.2 Å². The molecule has 1 amide bonds. The second kappa shape index (κ2) is 12.4. The van der Waals surface area contributed by atoms with E-state index in [4.69, 9.17) is 30.5 Å². The van der Waals surface area contributed by atoms with Crippen LogP contribution in [0.25, 0.3) is 0 Å². The van der Waals surface area contributed by atoms with E-state index < -0.39 is 6.29 Å². The minimum atomic E-state index is -0.566. The third kappa shape index (κ3) is 6.10. The van der Waals surface area contributed by atoms with Crippen LogP contribution in [0, 0.1) is 5.92 Å². The summed E-state index contributed by atoms with van der Waals surface area (Å²) in [5, 5.41) is 10.1. The molecule has 8 nitrogen and oxygen atoms in total. The second-order valence-electron chi connectivity index (χ2n) is 9.84. The van der Waals surface area contributed by atoms with Crippen molar-refractivity contribution < 1.29 is 28.8 Å². The highest BCUT2D eigenvalue weighted by atomic mass is 35.5. The van der Waals surface area contributed by atoms with Crippen molar-refractivity contribution in [3.05, 3.63) is 70.4 Å². The number of nitrogens with zero attached hydrogens (tertiary/aromatic N) is 2. The molecule has 0 aromatic heterocycles. The predicted molar refractivity (Wildman–Crippen MR) is 143 cm³/mol. The summed E-state index contributed by atoms with van der Waals surface area (Å²) in [5.74, 6) is 1.67. The Morgan fingerprint density at radius 1 is 1.08 bits per heavy atom. The summed E-state index contributed by atoms with van der Waals surface area (Å²) >= 11 is 6.14. The van der Waals surface area contributed by atoms with Crippen LogP contribution in [0.5, 0.6) is 11.5 Å². The van der Waals surface area contributed by atoms with Gasteiger partial charge in [-0.3, -0.25) is 9.69 Å². The van der Waals surface area contributed by atoms with E-state index in [-0.39, 0.29) is 31.1 Å². The van der Waals surface area contributed by atoms with E-state index in [2.05, 4.69) is 11.0 Å². The van der Waals surface area contributed by atoms with Crippen molar-refractivity contribution >= 4 is 17.5 Å². The Bertz CT molecular complexity index is 1130. The van der Waals surface area contributed by atoms with Crippen molar-refractivity contribution in [1.82, 2.24) is 9.80 Å². The predicted octanol–water partition coefficient (Wildman–Crippen LogP) is 4.16. The summed E-state index contributed by atoms with van der Waals surface area (Å²) in [4.78, 5) is 17.8. The monoisotopic (exact) mass is 542 g/mol. The second-order valence-corrected chi connectivity index (χ2v) is 10.3. The van der Waals surface area contributed by atoms with Crippen LogP contribution in [0.1, 0.15) is 36.8 Å². The first-order chi connectivity index (χ1) is 18.6. The number of hydrogen-bond acceptors (Lipinski definition) is 7. The van der Waals surface area contributed by atoms with Gasteiger partial charge in [0.1, 0.15) is 0 Å². The van der Waals surface area contributed by atoms with E-state index in [1.165, 1.54) is 0 Å². The molecule has 5 rings (SSSR count). The van der Waals surface area contributed by atoms with Crippen molar-refractivity contribution in [1.29, 1.82) is 0 Å². The van der Waals surface area contributed by atoms with Gasteiger partial charge < -0.3 is 29.0 Å². The molecule has 204 valence electrons. The van der Waals surface area contributed by atoms with Gasteiger partial charge in [-0.1, -0.05) is 29.8 Å². The van der Waals surface area contributed by atoms with Gasteiger partial charge >= 0.3 is 0 Å². The molecule has 1 fully saturated rings. The van der Waals surface area contributed by atoms with E-state index in [0.717, 1.165) is 42.3 Å². The summed E-state index contributed by atoms with van der Waals surface area (Å²) in [7, 11) is 0. The number of carbonyl (C=O) groups excluding carboxylic acids is 1. The molecule has 3 atom stereocenters. The zero-order chi connectivity index (χ0) is 26.5. The van der Waals surface area contributed by atoms with Crippen LogP contribution >= 0.6 is 11.6 Å². The molecule has 1 N–H and O–H groups in total. The largest absolute Gasteiger partial charge is 0.459 e. The number of rotatable bonds is 9. The molecule has 0 saturated carbocycles. The lowest BCUT2D eigenvalue weighted by molar-refractivity contribution is -0.171. The average Bonchev–Trinajstić information content (AvgIpc) is 3.41. The summed E-state index contributed by atoms with van der Waals surface area (Å²) in [6, 6.07) is 13.7. The summed E-state index contributed by atoms with van der Waals surface area (Å²) < 4.78 is 23.1. The number of aliphatic hydroxyl groups excluding tert-OH is 1. The van der Waals surface area contributed by atoms with Gasteiger partial charge in [-0.15, -0.1) is 0 Å². The molecule has 1 saturated heterocycles. The first kappa shape index (κ1) is 26.8. The number of allylic oxidation sites excluding steroid dienone is 1. The SMILES string of the molecule is CCO[C@H]1OC(C(=O)N2CCN(Cc3ccc4c(c3)OCO4)CC2)=C[C@@H](c2ccc(Cl)cc2)[C@@H]1CCCO. The molecule has 3 heterocycles. The highest BCUT2D eigenvalue weighted by molar-refractivity contribution is 6.30. The van der Waals surface area contributed by atoms with Crippen LogP contribution < -0.4 is 9.47 Å². The number of aliphatic hydroxyl groups is 1. The van der Waals surface area contributed by atoms with Crippen LogP contribution in [0.15, 0.2) is 54.3 Å². The topological polar surface area (TPSA) is 80.7 Å². The fourth-order valence-corrected chi connectivity index (χ4v) is 5.51. The van der Waals surface area contributed by atoms with Crippen LogP contribution in [-0.4, -0.2) is 73.3 Å². The molecule has 3 aliphatic rings. The van der Waals surface area contributed by atoms with Crippen LogP contribution in [-0.2, 0) is 20.8 Å². The molecule has 2 aromatic carbocycles. The first-order valence-corrected chi connectivity index (χ1v) is 13.7. The molecular weight excluding hydrogens is 508 g/mol. The van der Waals surface area contributed by atoms with Gasteiger partial charge in [0, 0.05) is 62.8 Å². The van der Waals surface area contributed by atoms with E-state index in [1.54, 1.807) is 0 Å². The fraction of sp³-hybridized carbons (Fsp3) is 0.483. The van der Waals surface area contributed by atoms with Crippen LogP contribution in [0.2, 0.25) is 5.02 Å². The van der Waals surface area contributed by atoms with Gasteiger partial charge in [0.15, 0.2) is 17.3 Å². The van der Waals surface area contributed by atoms with Gasteiger partial charge in [0.2, 0.25) is 13.1 Å². The van der Waals surface area contributed by atoms with Crippen LogP contribution in [0.3, 0.4) is 0 Å². The fourth-order valence-electron chi connectivity index (χ4n) is 5.38. The van der Waals surface area contributed by atoms with Crippen molar-refractivity contribution in [3.8, 4) is 11.5 Å². The summed E-state index contributed by atoms with van der Waals surface area (Å²) in [5.41, 5.74) is 2.20. The summed E-state index contributed by atoms with van der Waals surface area (Å²) in [6.45, 7) is 6.29. The third-order valence-corrected chi connectivity index (χ3v) is 7.63. The molecule has 3 aliphatic heterocycles. The average molecular weight is 543 g/mol. The quantitative estimate of drug-likeness (QED) is 0.509. The lowest BCUT2D eigenvalue weighted by Crippen LogP contribution is -2.49. The molecule has 0 radical (unpaired) electrons. The molecule has 0 aliphatic carbocycles. The third-order valence-electron chi connectivity index (χ3n) is 7.38. The molecule has 0 spiro atoms. The van der Waals surface area contributed by atoms with Gasteiger partial charge in [0.05, 0.1) is 0 Å². The number of amides is 1. The first-order valence-electron chi connectivity index (χ1n) is 13.3. The van der Waals surface area contributed by atoms with Crippen molar-refractivity contribution in [2.75, 3.05) is 46.2 Å². The highest BCUT2D eigenvalue weighted by Gasteiger charge is 2.39. The van der Waals surface area contributed by atoms with Gasteiger partial charge in [-0.25, -0.2) is 0 Å². The summed E-state index contributed by atoms with van der Waals surface area (Å²) in [6.07, 6.45) is 2.71. The Kier molecular flexibility index (Phi) is 8.74. The Morgan fingerprint density at radius 3 is 2.58 bits per heavy atom. The minimum absolute atomic E-state index is 0.0293. The Balaban J connectivity index is 1.28. The number of fused-ring (bicyclic) bond motifs is 1. The van der Waals surface area contributed by atoms with Crippen molar-refractivity contribution in [2.45, 2.75) is 38.5 Å². The van der Waals surface area contributed by atoms with E-state index >= 15 is 0 Å². The Labute approximate surface area is 228 Å². The smallest absolute Gasteiger partial charge is 0.288 e. The normalized spacial score (nSPS) is 23.2. The molecule has 38 heavy (non-hydrogen) atoms. The lowest BCUT2D eigenvalue weighted by Gasteiger charge is -2.39.